The molecule has 0 aromatic carbocycles. The molecule has 1 aliphatic carbocycles. The van der Waals surface area contributed by atoms with E-state index in [1.807, 2.05) is 0 Å². The van der Waals surface area contributed by atoms with Crippen molar-refractivity contribution in [1.82, 2.24) is 10.2 Å². The number of amides is 1. The monoisotopic (exact) mass is 196 g/mol. The van der Waals surface area contributed by atoms with Crippen molar-refractivity contribution in [3.63, 3.8) is 0 Å². The van der Waals surface area contributed by atoms with Gasteiger partial charge in [-0.25, -0.2) is 0 Å². The van der Waals surface area contributed by atoms with Gasteiger partial charge in [-0.1, -0.05) is 13.3 Å². The summed E-state index contributed by atoms with van der Waals surface area (Å²) in [7, 11) is 0. The second kappa shape index (κ2) is 3.89. The first-order valence-electron chi connectivity index (χ1n) is 5.82. The van der Waals surface area contributed by atoms with Gasteiger partial charge in [-0.2, -0.15) is 0 Å². The Morgan fingerprint density at radius 2 is 2.21 bits per heavy atom. The Labute approximate surface area is 85.8 Å². The van der Waals surface area contributed by atoms with Crippen LogP contribution in [0.5, 0.6) is 0 Å². The fraction of sp³-hybridized carbons (Fsp3) is 0.909. The van der Waals surface area contributed by atoms with Gasteiger partial charge in [-0.3, -0.25) is 10.1 Å². The molecular weight excluding hydrogens is 176 g/mol. The lowest BCUT2D eigenvalue weighted by atomic mass is 9.91. The van der Waals surface area contributed by atoms with Gasteiger partial charge in [-0.05, 0) is 32.6 Å². The standard InChI is InChI=1S/C11H20N2O/c1-3-5-10-11(14)13(8(2)12-10)9-6-4-7-9/h8-10,12H,3-7H2,1-2H3. The van der Waals surface area contributed by atoms with Crippen LogP contribution < -0.4 is 5.32 Å². The van der Waals surface area contributed by atoms with E-state index in [-0.39, 0.29) is 12.2 Å². The van der Waals surface area contributed by atoms with Gasteiger partial charge in [0.15, 0.2) is 0 Å². The Kier molecular flexibility index (Phi) is 2.77. The molecule has 1 aliphatic heterocycles. The number of hydrogen-bond donors (Lipinski definition) is 1. The average Bonchev–Trinajstić information content (AvgIpc) is 2.31. The van der Waals surface area contributed by atoms with Crippen LogP contribution in [0.15, 0.2) is 0 Å². The molecule has 0 spiro atoms. The maximum absolute atomic E-state index is 12.0. The molecule has 1 saturated heterocycles. The highest BCUT2D eigenvalue weighted by Crippen LogP contribution is 2.29. The molecule has 1 heterocycles. The maximum Gasteiger partial charge on any atom is 0.241 e. The van der Waals surface area contributed by atoms with Gasteiger partial charge in [0.2, 0.25) is 5.91 Å². The van der Waals surface area contributed by atoms with Crippen LogP contribution in [0.1, 0.15) is 46.0 Å². The fourth-order valence-electron chi connectivity index (χ4n) is 2.47. The van der Waals surface area contributed by atoms with Gasteiger partial charge >= 0.3 is 0 Å². The minimum atomic E-state index is 0.0931. The Bertz CT molecular complexity index is 225. The number of rotatable bonds is 3. The zero-order chi connectivity index (χ0) is 10.1. The van der Waals surface area contributed by atoms with E-state index in [9.17, 15) is 4.79 Å². The van der Waals surface area contributed by atoms with Crippen molar-refractivity contribution in [3.8, 4) is 0 Å². The molecule has 1 amide bonds. The third kappa shape index (κ3) is 1.54. The first-order chi connectivity index (χ1) is 6.74. The quantitative estimate of drug-likeness (QED) is 0.741. The average molecular weight is 196 g/mol. The molecule has 0 bridgehead atoms. The molecule has 80 valence electrons. The van der Waals surface area contributed by atoms with E-state index < -0.39 is 0 Å². The summed E-state index contributed by atoms with van der Waals surface area (Å²) in [6.07, 6.45) is 6.01. The summed E-state index contributed by atoms with van der Waals surface area (Å²) >= 11 is 0. The molecule has 0 radical (unpaired) electrons. The van der Waals surface area contributed by atoms with E-state index in [0.29, 0.717) is 11.9 Å². The SMILES string of the molecule is CCCC1NC(C)N(C2CCC2)C1=O. The van der Waals surface area contributed by atoms with Crippen molar-refractivity contribution in [2.45, 2.75) is 64.2 Å². The molecule has 2 aliphatic rings. The van der Waals surface area contributed by atoms with Gasteiger partial charge in [0.1, 0.15) is 0 Å². The lowest BCUT2D eigenvalue weighted by Crippen LogP contribution is -2.46. The molecule has 2 atom stereocenters. The Hall–Kier alpha value is -0.570. The van der Waals surface area contributed by atoms with E-state index in [4.69, 9.17) is 0 Å². The van der Waals surface area contributed by atoms with Crippen molar-refractivity contribution in [2.75, 3.05) is 0 Å². The van der Waals surface area contributed by atoms with Gasteiger partial charge in [0.05, 0.1) is 12.2 Å². The van der Waals surface area contributed by atoms with E-state index in [1.165, 1.54) is 19.3 Å². The van der Waals surface area contributed by atoms with Gasteiger partial charge in [-0.15, -0.1) is 0 Å². The lowest BCUT2D eigenvalue weighted by molar-refractivity contribution is -0.133. The largest absolute Gasteiger partial charge is 0.323 e. The van der Waals surface area contributed by atoms with Crippen LogP contribution in [0.25, 0.3) is 0 Å². The van der Waals surface area contributed by atoms with Crippen LogP contribution >= 0.6 is 0 Å². The van der Waals surface area contributed by atoms with Crippen LogP contribution in [0.4, 0.5) is 0 Å². The van der Waals surface area contributed by atoms with Crippen molar-refractivity contribution in [3.05, 3.63) is 0 Å². The van der Waals surface area contributed by atoms with E-state index in [2.05, 4.69) is 24.1 Å². The Morgan fingerprint density at radius 3 is 2.71 bits per heavy atom. The molecule has 2 unspecified atom stereocenters. The third-order valence-electron chi connectivity index (χ3n) is 3.46. The molecule has 1 saturated carbocycles. The molecular formula is C11H20N2O. The van der Waals surface area contributed by atoms with E-state index in [0.717, 1.165) is 12.8 Å². The highest BCUT2D eigenvalue weighted by molar-refractivity contribution is 5.84. The normalized spacial score (nSPS) is 33.6. The summed E-state index contributed by atoms with van der Waals surface area (Å²) < 4.78 is 0. The fourth-order valence-corrected chi connectivity index (χ4v) is 2.47. The predicted octanol–water partition coefficient (Wildman–Crippen LogP) is 1.49. The summed E-state index contributed by atoms with van der Waals surface area (Å²) in [4.78, 5) is 14.1. The Balaban J connectivity index is 1.99. The molecule has 3 nitrogen and oxygen atoms in total. The number of carbonyl (C=O) groups is 1. The van der Waals surface area contributed by atoms with Gasteiger partial charge in [0.25, 0.3) is 0 Å². The molecule has 2 fully saturated rings. The molecule has 1 N–H and O–H groups in total. The third-order valence-corrected chi connectivity index (χ3v) is 3.46. The summed E-state index contributed by atoms with van der Waals surface area (Å²) in [5.41, 5.74) is 0. The van der Waals surface area contributed by atoms with Crippen LogP contribution in [0.2, 0.25) is 0 Å². The molecule has 2 rings (SSSR count). The zero-order valence-electron chi connectivity index (χ0n) is 9.12. The molecule has 0 aromatic heterocycles. The van der Waals surface area contributed by atoms with Crippen molar-refractivity contribution < 1.29 is 4.79 Å². The van der Waals surface area contributed by atoms with Gasteiger partial charge < -0.3 is 4.90 Å². The van der Waals surface area contributed by atoms with E-state index in [1.54, 1.807) is 0 Å². The summed E-state index contributed by atoms with van der Waals surface area (Å²) in [5, 5.41) is 3.38. The van der Waals surface area contributed by atoms with E-state index >= 15 is 0 Å². The smallest absolute Gasteiger partial charge is 0.241 e. The van der Waals surface area contributed by atoms with Crippen molar-refractivity contribution in [1.29, 1.82) is 0 Å². The second-order valence-corrected chi connectivity index (χ2v) is 4.51. The van der Waals surface area contributed by atoms with Gasteiger partial charge in [0, 0.05) is 6.04 Å². The summed E-state index contributed by atoms with van der Waals surface area (Å²) in [6.45, 7) is 4.23. The van der Waals surface area contributed by atoms with Crippen LogP contribution in [-0.4, -0.2) is 29.1 Å². The predicted molar refractivity (Wildman–Crippen MR) is 55.8 cm³/mol. The molecule has 3 heteroatoms. The minimum Gasteiger partial charge on any atom is -0.323 e. The van der Waals surface area contributed by atoms with Crippen molar-refractivity contribution >= 4 is 5.91 Å². The topological polar surface area (TPSA) is 32.3 Å². The first kappa shape index (κ1) is 9.97. The molecule has 14 heavy (non-hydrogen) atoms. The highest BCUT2D eigenvalue weighted by Gasteiger charge is 2.41. The van der Waals surface area contributed by atoms with Crippen molar-refractivity contribution in [2.24, 2.45) is 0 Å². The summed E-state index contributed by atoms with van der Waals surface area (Å²) in [5.74, 6) is 0.337. The second-order valence-electron chi connectivity index (χ2n) is 4.51. The maximum atomic E-state index is 12.0. The number of nitrogens with zero attached hydrogens (tertiary/aromatic N) is 1. The first-order valence-corrected chi connectivity index (χ1v) is 5.82. The number of carbonyl (C=O) groups excluding carboxylic acids is 1. The zero-order valence-corrected chi connectivity index (χ0v) is 9.12. The number of hydrogen-bond acceptors (Lipinski definition) is 2. The minimum absolute atomic E-state index is 0.0931. The lowest BCUT2D eigenvalue weighted by Gasteiger charge is -2.37. The van der Waals surface area contributed by atoms with Crippen LogP contribution in [0, 0.1) is 0 Å². The van der Waals surface area contributed by atoms with Crippen LogP contribution in [-0.2, 0) is 4.79 Å². The highest BCUT2D eigenvalue weighted by atomic mass is 16.2. The number of nitrogens with one attached hydrogen (secondary N) is 1. The Morgan fingerprint density at radius 1 is 1.50 bits per heavy atom. The summed E-state index contributed by atoms with van der Waals surface area (Å²) in [6, 6.07) is 0.627. The molecule has 0 aromatic rings. The van der Waals surface area contributed by atoms with Crippen LogP contribution in [0.3, 0.4) is 0 Å².